The lowest BCUT2D eigenvalue weighted by molar-refractivity contribution is 0.172. The molecule has 25 heavy (non-hydrogen) atoms. The Kier molecular flexibility index (Phi) is 6.83. The third-order valence-corrected chi connectivity index (χ3v) is 4.39. The Bertz CT molecular complexity index is 658. The molecule has 134 valence electrons. The summed E-state index contributed by atoms with van der Waals surface area (Å²) in [6, 6.07) is 16.9. The summed E-state index contributed by atoms with van der Waals surface area (Å²) in [7, 11) is 1.59. The van der Waals surface area contributed by atoms with Crippen LogP contribution in [-0.2, 0) is 0 Å². The van der Waals surface area contributed by atoms with E-state index >= 15 is 0 Å². The van der Waals surface area contributed by atoms with E-state index in [0.717, 1.165) is 11.3 Å². The molecule has 0 radical (unpaired) electrons. The Balaban J connectivity index is 1.81. The summed E-state index contributed by atoms with van der Waals surface area (Å²) in [5.41, 5.74) is 1.90. The first-order valence-corrected chi connectivity index (χ1v) is 8.42. The number of carbonyl (C=O) groups is 1. The van der Waals surface area contributed by atoms with E-state index in [-0.39, 0.29) is 24.5 Å². The SMILES string of the molecule is COc1ccc(C(O)CNC(=O)NC(C)C(C)c2ccccc2)cc1. The zero-order valence-electron chi connectivity index (χ0n) is 14.9. The zero-order chi connectivity index (χ0) is 18.2. The lowest BCUT2D eigenvalue weighted by Crippen LogP contribution is -2.44. The summed E-state index contributed by atoms with van der Waals surface area (Å²) < 4.78 is 5.09. The fourth-order valence-electron chi connectivity index (χ4n) is 2.56. The van der Waals surface area contributed by atoms with Crippen molar-refractivity contribution >= 4 is 6.03 Å². The summed E-state index contributed by atoms with van der Waals surface area (Å²) in [6.07, 6.45) is -0.765. The van der Waals surface area contributed by atoms with Crippen LogP contribution in [0.1, 0.15) is 37.0 Å². The van der Waals surface area contributed by atoms with Gasteiger partial charge >= 0.3 is 6.03 Å². The predicted octanol–water partition coefficient (Wildman–Crippen LogP) is 3.22. The van der Waals surface area contributed by atoms with Crippen molar-refractivity contribution in [3.63, 3.8) is 0 Å². The molecule has 3 unspecified atom stereocenters. The fraction of sp³-hybridized carbons (Fsp3) is 0.350. The van der Waals surface area contributed by atoms with Crippen LogP contribution >= 0.6 is 0 Å². The van der Waals surface area contributed by atoms with E-state index in [2.05, 4.69) is 17.6 Å². The minimum atomic E-state index is -0.765. The molecular weight excluding hydrogens is 316 g/mol. The molecule has 2 aromatic rings. The van der Waals surface area contributed by atoms with Gasteiger partial charge in [0.05, 0.1) is 13.2 Å². The van der Waals surface area contributed by atoms with Crippen molar-refractivity contribution in [2.75, 3.05) is 13.7 Å². The van der Waals surface area contributed by atoms with Crippen LogP contribution in [0.25, 0.3) is 0 Å². The first-order chi connectivity index (χ1) is 12.0. The number of aliphatic hydroxyl groups excluding tert-OH is 1. The summed E-state index contributed by atoms with van der Waals surface area (Å²) in [6.45, 7) is 4.19. The van der Waals surface area contributed by atoms with E-state index in [1.54, 1.807) is 31.4 Å². The Morgan fingerprint density at radius 1 is 1.04 bits per heavy atom. The van der Waals surface area contributed by atoms with Crippen molar-refractivity contribution in [1.29, 1.82) is 0 Å². The highest BCUT2D eigenvalue weighted by Gasteiger charge is 2.17. The van der Waals surface area contributed by atoms with Crippen LogP contribution in [0.3, 0.4) is 0 Å². The predicted molar refractivity (Wildman–Crippen MR) is 98.8 cm³/mol. The molecule has 0 saturated carbocycles. The van der Waals surface area contributed by atoms with Gasteiger partial charge in [-0.05, 0) is 30.2 Å². The highest BCUT2D eigenvalue weighted by atomic mass is 16.5. The topological polar surface area (TPSA) is 70.6 Å². The number of nitrogens with one attached hydrogen (secondary N) is 2. The van der Waals surface area contributed by atoms with Crippen LogP contribution in [0, 0.1) is 0 Å². The summed E-state index contributed by atoms with van der Waals surface area (Å²) in [5.74, 6) is 0.920. The molecule has 0 aromatic heterocycles. The average molecular weight is 342 g/mol. The van der Waals surface area contributed by atoms with Gasteiger partial charge in [0.25, 0.3) is 0 Å². The zero-order valence-corrected chi connectivity index (χ0v) is 14.9. The molecule has 0 aliphatic rings. The molecule has 2 aromatic carbocycles. The number of ether oxygens (including phenoxy) is 1. The second-order valence-corrected chi connectivity index (χ2v) is 6.13. The maximum absolute atomic E-state index is 12.1. The highest BCUT2D eigenvalue weighted by molar-refractivity contribution is 5.74. The lowest BCUT2D eigenvalue weighted by atomic mass is 9.95. The van der Waals surface area contributed by atoms with Crippen LogP contribution in [0.15, 0.2) is 54.6 Å². The van der Waals surface area contributed by atoms with Gasteiger partial charge in [-0.25, -0.2) is 4.79 Å². The Labute approximate surface area is 149 Å². The van der Waals surface area contributed by atoms with Gasteiger partial charge in [0.15, 0.2) is 0 Å². The summed E-state index contributed by atoms with van der Waals surface area (Å²) >= 11 is 0. The normalized spacial score (nSPS) is 14.2. The van der Waals surface area contributed by atoms with Crippen LogP contribution in [0.4, 0.5) is 4.79 Å². The number of carbonyl (C=O) groups excluding carboxylic acids is 1. The van der Waals surface area contributed by atoms with E-state index in [4.69, 9.17) is 4.74 Å². The molecule has 2 amide bonds. The van der Waals surface area contributed by atoms with Gasteiger partial charge in [-0.1, -0.05) is 49.4 Å². The third-order valence-electron chi connectivity index (χ3n) is 4.39. The minimum absolute atomic E-state index is 0.0273. The van der Waals surface area contributed by atoms with Gasteiger partial charge in [0.1, 0.15) is 5.75 Å². The van der Waals surface area contributed by atoms with Crippen molar-refractivity contribution < 1.29 is 14.6 Å². The van der Waals surface area contributed by atoms with Crippen LogP contribution in [0.5, 0.6) is 5.75 Å². The van der Waals surface area contributed by atoms with E-state index < -0.39 is 6.10 Å². The first kappa shape index (κ1) is 18.8. The number of aliphatic hydroxyl groups is 1. The Morgan fingerprint density at radius 2 is 1.68 bits per heavy atom. The van der Waals surface area contributed by atoms with Gasteiger partial charge in [-0.15, -0.1) is 0 Å². The molecule has 0 heterocycles. The number of amides is 2. The number of hydrogen-bond acceptors (Lipinski definition) is 3. The van der Waals surface area contributed by atoms with E-state index in [9.17, 15) is 9.90 Å². The van der Waals surface area contributed by atoms with E-state index in [1.807, 2.05) is 37.3 Å². The Hall–Kier alpha value is -2.53. The van der Waals surface area contributed by atoms with Crippen LogP contribution in [-0.4, -0.2) is 30.8 Å². The van der Waals surface area contributed by atoms with Gasteiger partial charge in [-0.3, -0.25) is 0 Å². The molecule has 2 rings (SSSR count). The van der Waals surface area contributed by atoms with Crippen molar-refractivity contribution in [3.05, 3.63) is 65.7 Å². The molecule has 0 aliphatic heterocycles. The van der Waals surface area contributed by atoms with Gasteiger partial charge in [0.2, 0.25) is 0 Å². The van der Waals surface area contributed by atoms with Gasteiger partial charge in [0, 0.05) is 18.5 Å². The number of urea groups is 1. The van der Waals surface area contributed by atoms with Crippen LogP contribution < -0.4 is 15.4 Å². The van der Waals surface area contributed by atoms with Crippen molar-refractivity contribution in [3.8, 4) is 5.75 Å². The largest absolute Gasteiger partial charge is 0.497 e. The van der Waals surface area contributed by atoms with Gasteiger partial charge < -0.3 is 20.5 Å². The van der Waals surface area contributed by atoms with E-state index in [1.165, 1.54) is 5.56 Å². The number of rotatable bonds is 7. The summed E-state index contributed by atoms with van der Waals surface area (Å²) in [5, 5.41) is 15.8. The fourth-order valence-corrected chi connectivity index (χ4v) is 2.56. The second kappa shape index (κ2) is 9.08. The smallest absolute Gasteiger partial charge is 0.315 e. The molecule has 0 aliphatic carbocycles. The number of benzene rings is 2. The van der Waals surface area contributed by atoms with Crippen molar-refractivity contribution in [1.82, 2.24) is 10.6 Å². The second-order valence-electron chi connectivity index (χ2n) is 6.13. The first-order valence-electron chi connectivity index (χ1n) is 8.42. The number of methoxy groups -OCH3 is 1. The van der Waals surface area contributed by atoms with Crippen LogP contribution in [0.2, 0.25) is 0 Å². The molecule has 0 bridgehead atoms. The van der Waals surface area contributed by atoms with Crippen molar-refractivity contribution in [2.45, 2.75) is 31.9 Å². The maximum Gasteiger partial charge on any atom is 0.315 e. The molecule has 0 saturated heterocycles. The van der Waals surface area contributed by atoms with E-state index in [0.29, 0.717) is 0 Å². The molecule has 0 fully saturated rings. The minimum Gasteiger partial charge on any atom is -0.497 e. The molecule has 3 N–H and O–H groups in total. The number of hydrogen-bond donors (Lipinski definition) is 3. The van der Waals surface area contributed by atoms with Crippen molar-refractivity contribution in [2.24, 2.45) is 0 Å². The standard InChI is InChI=1S/C20H26N2O3/c1-14(16-7-5-4-6-8-16)15(2)22-20(24)21-13-19(23)17-9-11-18(25-3)12-10-17/h4-12,14-15,19,23H,13H2,1-3H3,(H2,21,22,24). The Morgan fingerprint density at radius 3 is 2.28 bits per heavy atom. The lowest BCUT2D eigenvalue weighted by Gasteiger charge is -2.22. The molecule has 3 atom stereocenters. The summed E-state index contributed by atoms with van der Waals surface area (Å²) in [4.78, 5) is 12.1. The third kappa shape index (κ3) is 5.50. The molecular formula is C20H26N2O3. The maximum atomic E-state index is 12.1. The quantitative estimate of drug-likeness (QED) is 0.723. The average Bonchev–Trinajstić information content (AvgIpc) is 2.66. The molecule has 0 spiro atoms. The molecule has 5 nitrogen and oxygen atoms in total. The van der Waals surface area contributed by atoms with Gasteiger partial charge in [-0.2, -0.15) is 0 Å². The monoisotopic (exact) mass is 342 g/mol. The highest BCUT2D eigenvalue weighted by Crippen LogP contribution is 2.19. The molecule has 5 heteroatoms.